The third-order valence-corrected chi connectivity index (χ3v) is 3.44. The highest BCUT2D eigenvalue weighted by molar-refractivity contribution is 7.71. The van der Waals surface area contributed by atoms with Crippen molar-refractivity contribution in [2.24, 2.45) is 5.10 Å². The van der Waals surface area contributed by atoms with Gasteiger partial charge in [0.2, 0.25) is 4.77 Å². The first kappa shape index (κ1) is 14.2. The van der Waals surface area contributed by atoms with Gasteiger partial charge in [0, 0.05) is 11.1 Å². The van der Waals surface area contributed by atoms with E-state index in [-0.39, 0.29) is 5.75 Å². The first-order chi connectivity index (χ1) is 10.6. The number of phenols is 1. The van der Waals surface area contributed by atoms with E-state index >= 15 is 0 Å². The van der Waals surface area contributed by atoms with Crippen molar-refractivity contribution in [1.29, 1.82) is 0 Å². The van der Waals surface area contributed by atoms with Crippen molar-refractivity contribution in [2.75, 3.05) is 0 Å². The van der Waals surface area contributed by atoms with E-state index in [1.165, 1.54) is 4.68 Å². The number of para-hydroxylation sites is 1. The van der Waals surface area contributed by atoms with E-state index in [4.69, 9.17) is 12.2 Å². The van der Waals surface area contributed by atoms with Crippen molar-refractivity contribution < 1.29 is 5.11 Å². The van der Waals surface area contributed by atoms with Crippen molar-refractivity contribution >= 4 is 18.4 Å². The quantitative estimate of drug-likeness (QED) is 0.575. The van der Waals surface area contributed by atoms with Gasteiger partial charge in [-0.25, -0.2) is 5.10 Å². The zero-order valence-electron chi connectivity index (χ0n) is 11.9. The maximum atomic E-state index is 9.78. The molecule has 110 valence electrons. The van der Waals surface area contributed by atoms with Gasteiger partial charge in [0.05, 0.1) is 6.21 Å². The van der Waals surface area contributed by atoms with Crippen LogP contribution in [0.15, 0.2) is 53.6 Å². The molecule has 0 saturated heterocycles. The number of aromatic nitrogens is 3. The van der Waals surface area contributed by atoms with E-state index < -0.39 is 0 Å². The highest BCUT2D eigenvalue weighted by Crippen LogP contribution is 2.19. The number of H-pyrrole nitrogens is 1. The second-order valence-corrected chi connectivity index (χ2v) is 5.22. The normalized spacial score (nSPS) is 11.1. The van der Waals surface area contributed by atoms with E-state index in [1.54, 1.807) is 24.4 Å². The number of aromatic amines is 1. The highest BCUT2D eigenvalue weighted by atomic mass is 32.1. The lowest BCUT2D eigenvalue weighted by Crippen LogP contribution is -1.95. The third-order valence-electron chi connectivity index (χ3n) is 3.18. The number of hydrogen-bond donors (Lipinski definition) is 2. The molecule has 6 heteroatoms. The van der Waals surface area contributed by atoms with Gasteiger partial charge in [-0.05, 0) is 37.3 Å². The summed E-state index contributed by atoms with van der Waals surface area (Å²) in [6, 6.07) is 14.9. The summed E-state index contributed by atoms with van der Waals surface area (Å²) in [6.07, 6.45) is 1.56. The Bertz CT molecular complexity index is 895. The molecule has 0 bridgehead atoms. The van der Waals surface area contributed by atoms with Gasteiger partial charge in [0.1, 0.15) is 5.75 Å². The Morgan fingerprint density at radius 1 is 1.23 bits per heavy atom. The van der Waals surface area contributed by atoms with Gasteiger partial charge in [0.25, 0.3) is 0 Å². The molecule has 0 aliphatic rings. The largest absolute Gasteiger partial charge is 0.507 e. The Morgan fingerprint density at radius 2 is 2.05 bits per heavy atom. The molecule has 1 heterocycles. The van der Waals surface area contributed by atoms with E-state index in [1.807, 2.05) is 37.3 Å². The number of nitrogens with one attached hydrogen (secondary N) is 1. The average molecular weight is 310 g/mol. The molecule has 5 nitrogen and oxygen atoms in total. The van der Waals surface area contributed by atoms with Gasteiger partial charge >= 0.3 is 0 Å². The molecule has 2 N–H and O–H groups in total. The zero-order valence-corrected chi connectivity index (χ0v) is 12.7. The highest BCUT2D eigenvalue weighted by Gasteiger charge is 2.08. The first-order valence-corrected chi connectivity index (χ1v) is 7.13. The maximum Gasteiger partial charge on any atom is 0.216 e. The summed E-state index contributed by atoms with van der Waals surface area (Å²) < 4.78 is 1.93. The Balaban J connectivity index is 2.04. The Morgan fingerprint density at radius 3 is 2.82 bits per heavy atom. The molecule has 3 rings (SSSR count). The zero-order chi connectivity index (χ0) is 15.5. The molecular weight excluding hydrogens is 296 g/mol. The number of benzene rings is 2. The number of hydrogen-bond acceptors (Lipinski definition) is 4. The second kappa shape index (κ2) is 5.95. The summed E-state index contributed by atoms with van der Waals surface area (Å²) in [4.78, 5) is 0. The minimum absolute atomic E-state index is 0.165. The standard InChI is InChI=1S/C16H14N4OS/c1-11-5-4-7-12(9-11)15-18-19-16(22)20(15)17-10-13-6-2-3-8-14(13)21/h2-10,21H,1H3,(H,19,22). The van der Waals surface area contributed by atoms with Crippen LogP contribution in [0.5, 0.6) is 5.75 Å². The second-order valence-electron chi connectivity index (χ2n) is 4.84. The van der Waals surface area contributed by atoms with Gasteiger partial charge in [-0.1, -0.05) is 35.9 Å². The Kier molecular flexibility index (Phi) is 3.84. The minimum atomic E-state index is 0.165. The van der Waals surface area contributed by atoms with Crippen molar-refractivity contribution in [3.63, 3.8) is 0 Å². The summed E-state index contributed by atoms with van der Waals surface area (Å²) in [5.74, 6) is 0.790. The fourth-order valence-corrected chi connectivity index (χ4v) is 2.27. The van der Waals surface area contributed by atoms with E-state index in [9.17, 15) is 5.11 Å². The van der Waals surface area contributed by atoms with Crippen LogP contribution in [0, 0.1) is 11.7 Å². The first-order valence-electron chi connectivity index (χ1n) is 6.72. The van der Waals surface area contributed by atoms with E-state index in [0.717, 1.165) is 11.1 Å². The lowest BCUT2D eigenvalue weighted by molar-refractivity contribution is 0.474. The molecule has 3 aromatic rings. The maximum absolute atomic E-state index is 9.78. The van der Waals surface area contributed by atoms with Crippen LogP contribution in [0.1, 0.15) is 11.1 Å². The van der Waals surface area contributed by atoms with E-state index in [0.29, 0.717) is 16.2 Å². The van der Waals surface area contributed by atoms with Crippen molar-refractivity contribution in [1.82, 2.24) is 14.9 Å². The molecule has 0 unspecified atom stereocenters. The number of phenolic OH excluding ortho intramolecular Hbond substituents is 1. The molecule has 0 aliphatic carbocycles. The number of rotatable bonds is 3. The van der Waals surface area contributed by atoms with Crippen LogP contribution in [0.3, 0.4) is 0 Å². The molecule has 1 aromatic heterocycles. The summed E-state index contributed by atoms with van der Waals surface area (Å²) in [6.45, 7) is 2.01. The molecule has 0 atom stereocenters. The summed E-state index contributed by atoms with van der Waals surface area (Å²) >= 11 is 5.22. The lowest BCUT2D eigenvalue weighted by atomic mass is 10.1. The van der Waals surface area contributed by atoms with Crippen molar-refractivity contribution in [3.05, 3.63) is 64.4 Å². The SMILES string of the molecule is Cc1cccc(-c2n[nH]c(=S)n2N=Cc2ccccc2O)c1. The molecule has 22 heavy (non-hydrogen) atoms. The topological polar surface area (TPSA) is 66.2 Å². The van der Waals surface area contributed by atoms with E-state index in [2.05, 4.69) is 15.3 Å². The predicted octanol–water partition coefficient (Wildman–Crippen LogP) is 3.50. The molecule has 0 radical (unpaired) electrons. The molecule has 0 spiro atoms. The van der Waals surface area contributed by atoms with Gasteiger partial charge in [-0.15, -0.1) is 0 Å². The van der Waals surface area contributed by atoms with Crippen molar-refractivity contribution in [3.8, 4) is 17.1 Å². The summed E-state index contributed by atoms with van der Waals surface area (Å²) in [7, 11) is 0. The van der Waals surface area contributed by atoms with Crippen LogP contribution in [0.2, 0.25) is 0 Å². The molecule has 0 amide bonds. The van der Waals surface area contributed by atoms with Crippen LogP contribution >= 0.6 is 12.2 Å². The average Bonchev–Trinajstić information content (AvgIpc) is 2.87. The number of aromatic hydroxyl groups is 1. The van der Waals surface area contributed by atoms with Crippen LogP contribution in [-0.2, 0) is 0 Å². The Hall–Kier alpha value is -2.73. The molecule has 0 aliphatic heterocycles. The third kappa shape index (κ3) is 2.82. The minimum Gasteiger partial charge on any atom is -0.507 e. The fraction of sp³-hybridized carbons (Fsp3) is 0.0625. The van der Waals surface area contributed by atoms with Gasteiger partial charge < -0.3 is 5.11 Å². The molecule has 0 fully saturated rings. The van der Waals surface area contributed by atoms with Crippen LogP contribution < -0.4 is 0 Å². The van der Waals surface area contributed by atoms with Gasteiger partial charge in [-0.2, -0.15) is 14.9 Å². The summed E-state index contributed by atoms with van der Waals surface area (Å²) in [5.41, 5.74) is 2.66. The van der Waals surface area contributed by atoms with Crippen LogP contribution in [0.25, 0.3) is 11.4 Å². The number of aryl methyl sites for hydroxylation is 1. The van der Waals surface area contributed by atoms with Gasteiger partial charge in [-0.3, -0.25) is 0 Å². The smallest absolute Gasteiger partial charge is 0.216 e. The lowest BCUT2D eigenvalue weighted by Gasteiger charge is -2.02. The van der Waals surface area contributed by atoms with Gasteiger partial charge in [0.15, 0.2) is 5.82 Å². The molecule has 0 saturated carbocycles. The summed E-state index contributed by atoms with van der Waals surface area (Å²) in [5, 5.41) is 21.1. The predicted molar refractivity (Wildman–Crippen MR) is 88.7 cm³/mol. The molecule has 2 aromatic carbocycles. The van der Waals surface area contributed by atoms with Crippen molar-refractivity contribution in [2.45, 2.75) is 6.92 Å². The fourth-order valence-electron chi connectivity index (χ4n) is 2.09. The number of nitrogens with zero attached hydrogens (tertiary/aromatic N) is 3. The van der Waals surface area contributed by atoms with Crippen LogP contribution in [0.4, 0.5) is 0 Å². The Labute approximate surface area is 132 Å². The molecular formula is C16H14N4OS. The van der Waals surface area contributed by atoms with Crippen LogP contribution in [-0.4, -0.2) is 26.2 Å². The monoisotopic (exact) mass is 310 g/mol.